The Labute approximate surface area is 217 Å². The van der Waals surface area contributed by atoms with Gasteiger partial charge in [0.15, 0.2) is 0 Å². The van der Waals surface area contributed by atoms with Crippen LogP contribution in [0.15, 0.2) is 89.7 Å². The maximum Gasteiger partial charge on any atom is 0.326 e. The predicted molar refractivity (Wildman–Crippen MR) is 140 cm³/mol. The largest absolute Gasteiger partial charge is 0.459 e. The third-order valence-corrected chi connectivity index (χ3v) is 6.49. The topological polar surface area (TPSA) is 66.1 Å². The van der Waals surface area contributed by atoms with Crippen molar-refractivity contribution in [3.8, 4) is 0 Å². The van der Waals surface area contributed by atoms with Gasteiger partial charge >= 0.3 is 5.97 Å². The molecule has 0 saturated carbocycles. The van der Waals surface area contributed by atoms with Crippen LogP contribution in [0, 0.1) is 18.6 Å². The third-order valence-electron chi connectivity index (χ3n) is 6.49. The second-order valence-electron chi connectivity index (χ2n) is 9.08. The van der Waals surface area contributed by atoms with Crippen molar-refractivity contribution in [1.29, 1.82) is 0 Å². The molecule has 2 heterocycles. The van der Waals surface area contributed by atoms with E-state index in [1.54, 1.807) is 30.3 Å². The first-order valence-electron chi connectivity index (χ1n) is 12.2. The fourth-order valence-electron chi connectivity index (χ4n) is 4.49. The summed E-state index contributed by atoms with van der Waals surface area (Å²) in [6, 6.07) is 22.8. The fraction of sp³-hybridized carbons (Fsp3) is 0.167. The molecule has 0 radical (unpaired) electrons. The van der Waals surface area contributed by atoms with Crippen LogP contribution in [0.1, 0.15) is 28.1 Å². The van der Waals surface area contributed by atoms with Gasteiger partial charge in [-0.3, -0.25) is 9.59 Å². The summed E-state index contributed by atoms with van der Waals surface area (Å²) in [5.41, 5.74) is 4.69. The normalized spacial score (nSPS) is 11.1. The highest BCUT2D eigenvalue weighted by Gasteiger charge is 2.18. The molecule has 192 valence electrons. The van der Waals surface area contributed by atoms with E-state index < -0.39 is 5.97 Å². The number of carbonyl (C=O) groups is 1. The maximum atomic E-state index is 13.3. The number of fused-ring (bicyclic) bond motifs is 1. The Kier molecular flexibility index (Phi) is 7.13. The van der Waals surface area contributed by atoms with E-state index in [-0.39, 0.29) is 36.9 Å². The number of para-hydroxylation sites is 1. The van der Waals surface area contributed by atoms with Crippen molar-refractivity contribution in [3.63, 3.8) is 0 Å². The summed E-state index contributed by atoms with van der Waals surface area (Å²) in [7, 11) is 0. The van der Waals surface area contributed by atoms with Crippen molar-refractivity contribution >= 4 is 16.9 Å². The molecule has 8 heteroatoms. The Morgan fingerprint density at radius 2 is 1.53 bits per heavy atom. The number of esters is 1. The van der Waals surface area contributed by atoms with Crippen LogP contribution in [0.4, 0.5) is 8.78 Å². The molecule has 0 saturated heterocycles. The zero-order chi connectivity index (χ0) is 26.6. The lowest BCUT2D eigenvalue weighted by Gasteiger charge is -2.10. The summed E-state index contributed by atoms with van der Waals surface area (Å²) in [5.74, 6) is -1.09. The molecule has 6 nitrogen and oxygen atoms in total. The number of rotatable bonds is 8. The number of ether oxygens (including phenoxy) is 1. The minimum atomic E-state index is -0.407. The molecule has 0 amide bonds. The van der Waals surface area contributed by atoms with Gasteiger partial charge in [-0.2, -0.15) is 5.10 Å². The summed E-state index contributed by atoms with van der Waals surface area (Å²) in [6.45, 7) is 2.25. The van der Waals surface area contributed by atoms with E-state index in [4.69, 9.17) is 4.74 Å². The van der Waals surface area contributed by atoms with E-state index in [9.17, 15) is 18.4 Å². The predicted octanol–water partition coefficient (Wildman–Crippen LogP) is 5.17. The van der Waals surface area contributed by atoms with Crippen LogP contribution in [0.2, 0.25) is 0 Å². The first-order valence-corrected chi connectivity index (χ1v) is 12.2. The standard InChI is InChI=1S/C30H25F2N3O3/c1-20-27(16-25-14-15-29(36)35(33-25)17-21-6-10-23(31)11-7-21)26-4-2-3-5-28(26)34(20)18-30(37)38-19-22-8-12-24(32)13-9-22/h2-15H,16-19H2,1H3. The Balaban J connectivity index is 1.38. The van der Waals surface area contributed by atoms with Gasteiger partial charge in [0.05, 0.1) is 12.2 Å². The maximum absolute atomic E-state index is 13.3. The Hall–Kier alpha value is -4.59. The highest BCUT2D eigenvalue weighted by Crippen LogP contribution is 2.28. The Morgan fingerprint density at radius 3 is 2.24 bits per heavy atom. The van der Waals surface area contributed by atoms with Crippen molar-refractivity contribution < 1.29 is 18.3 Å². The molecule has 5 aromatic rings. The van der Waals surface area contributed by atoms with E-state index in [0.717, 1.165) is 27.7 Å². The van der Waals surface area contributed by atoms with Gasteiger partial charge < -0.3 is 9.30 Å². The second-order valence-corrected chi connectivity index (χ2v) is 9.08. The second kappa shape index (κ2) is 10.8. The van der Waals surface area contributed by atoms with Crippen molar-refractivity contribution in [2.24, 2.45) is 0 Å². The molecule has 0 N–H and O–H groups in total. The molecule has 0 aliphatic heterocycles. The summed E-state index contributed by atoms with van der Waals surface area (Å²) < 4.78 is 35.1. The summed E-state index contributed by atoms with van der Waals surface area (Å²) in [5, 5.41) is 5.54. The lowest BCUT2D eigenvalue weighted by atomic mass is 10.1. The van der Waals surface area contributed by atoms with Crippen molar-refractivity contribution in [2.45, 2.75) is 33.0 Å². The summed E-state index contributed by atoms with van der Waals surface area (Å²) >= 11 is 0. The van der Waals surface area contributed by atoms with Gasteiger partial charge in [-0.15, -0.1) is 0 Å². The lowest BCUT2D eigenvalue weighted by Crippen LogP contribution is -2.23. The monoisotopic (exact) mass is 513 g/mol. The van der Waals surface area contributed by atoms with E-state index in [0.29, 0.717) is 17.7 Å². The zero-order valence-electron chi connectivity index (χ0n) is 20.7. The molecule has 0 atom stereocenters. The first kappa shape index (κ1) is 25.1. The minimum absolute atomic E-state index is 0.0189. The molecule has 38 heavy (non-hydrogen) atoms. The van der Waals surface area contributed by atoms with Crippen LogP contribution in [-0.4, -0.2) is 20.3 Å². The van der Waals surface area contributed by atoms with Gasteiger partial charge in [0, 0.05) is 29.1 Å². The van der Waals surface area contributed by atoms with Gasteiger partial charge in [0.1, 0.15) is 24.8 Å². The van der Waals surface area contributed by atoms with Crippen LogP contribution in [0.3, 0.4) is 0 Å². The Morgan fingerprint density at radius 1 is 0.868 bits per heavy atom. The molecule has 0 unspecified atom stereocenters. The molecular weight excluding hydrogens is 488 g/mol. The van der Waals surface area contributed by atoms with Crippen LogP contribution in [0.25, 0.3) is 10.9 Å². The highest BCUT2D eigenvalue weighted by atomic mass is 19.1. The number of benzene rings is 3. The van der Waals surface area contributed by atoms with Crippen molar-refractivity contribution in [2.75, 3.05) is 0 Å². The minimum Gasteiger partial charge on any atom is -0.459 e. The Bertz CT molecular complexity index is 1660. The average Bonchev–Trinajstić information content (AvgIpc) is 3.17. The number of hydrogen-bond donors (Lipinski definition) is 0. The molecule has 2 aromatic heterocycles. The molecule has 5 rings (SSSR count). The van der Waals surface area contributed by atoms with Gasteiger partial charge in [-0.25, -0.2) is 13.5 Å². The fourth-order valence-corrected chi connectivity index (χ4v) is 4.49. The number of nitrogens with zero attached hydrogens (tertiary/aromatic N) is 3. The van der Waals surface area contributed by atoms with Crippen LogP contribution in [-0.2, 0) is 35.6 Å². The third kappa shape index (κ3) is 5.54. The molecule has 3 aromatic carbocycles. The molecule has 0 fully saturated rings. The van der Waals surface area contributed by atoms with E-state index in [2.05, 4.69) is 5.10 Å². The lowest BCUT2D eigenvalue weighted by molar-refractivity contribution is -0.145. The number of aromatic nitrogens is 3. The van der Waals surface area contributed by atoms with Crippen LogP contribution < -0.4 is 5.56 Å². The van der Waals surface area contributed by atoms with Crippen molar-refractivity contribution in [1.82, 2.24) is 14.3 Å². The van der Waals surface area contributed by atoms with E-state index in [1.165, 1.54) is 35.0 Å². The van der Waals surface area contributed by atoms with E-state index >= 15 is 0 Å². The quantitative estimate of drug-likeness (QED) is 0.269. The number of hydrogen-bond acceptors (Lipinski definition) is 4. The molecule has 0 bridgehead atoms. The van der Waals surface area contributed by atoms with Gasteiger partial charge in [0.2, 0.25) is 0 Å². The zero-order valence-corrected chi connectivity index (χ0v) is 20.7. The summed E-state index contributed by atoms with van der Waals surface area (Å²) in [6.07, 6.45) is 0.452. The summed E-state index contributed by atoms with van der Waals surface area (Å²) in [4.78, 5) is 25.1. The molecule has 0 aliphatic rings. The van der Waals surface area contributed by atoms with Crippen LogP contribution >= 0.6 is 0 Å². The van der Waals surface area contributed by atoms with Gasteiger partial charge in [0.25, 0.3) is 5.56 Å². The molecule has 0 aliphatic carbocycles. The molecular formula is C30H25F2N3O3. The van der Waals surface area contributed by atoms with Crippen molar-refractivity contribution in [3.05, 3.63) is 135 Å². The van der Waals surface area contributed by atoms with E-state index in [1.807, 2.05) is 35.8 Å². The molecule has 0 spiro atoms. The van der Waals surface area contributed by atoms with Crippen LogP contribution in [0.5, 0.6) is 0 Å². The number of carbonyl (C=O) groups excluding carboxylic acids is 1. The average molecular weight is 514 g/mol. The highest BCUT2D eigenvalue weighted by molar-refractivity contribution is 5.87. The first-order chi connectivity index (χ1) is 18.4. The number of halogens is 2. The van der Waals surface area contributed by atoms with Gasteiger partial charge in [-0.05, 0) is 60.0 Å². The SMILES string of the molecule is Cc1c(Cc2ccc(=O)n(Cc3ccc(F)cc3)n2)c2ccccc2n1CC(=O)OCc1ccc(F)cc1. The van der Waals surface area contributed by atoms with Gasteiger partial charge in [-0.1, -0.05) is 42.5 Å². The smallest absolute Gasteiger partial charge is 0.326 e.